The highest BCUT2D eigenvalue weighted by molar-refractivity contribution is 5.92. The van der Waals surface area contributed by atoms with Crippen LogP contribution in [0.4, 0.5) is 5.69 Å². The summed E-state index contributed by atoms with van der Waals surface area (Å²) < 4.78 is 0. The summed E-state index contributed by atoms with van der Waals surface area (Å²) >= 11 is 0. The predicted octanol–water partition coefficient (Wildman–Crippen LogP) is 2.63. The lowest BCUT2D eigenvalue weighted by Crippen LogP contribution is -2.10. The Balaban J connectivity index is 2.71. The van der Waals surface area contributed by atoms with Gasteiger partial charge in [-0.15, -0.1) is 0 Å². The highest BCUT2D eigenvalue weighted by Gasteiger charge is 2.08. The minimum atomic E-state index is 0.0459. The topological polar surface area (TPSA) is 42.1 Å². The first kappa shape index (κ1) is 11.9. The van der Waals surface area contributed by atoms with Crippen molar-refractivity contribution >= 4 is 16.6 Å². The fourth-order valence-corrected chi connectivity index (χ4v) is 2.01. The van der Waals surface area contributed by atoms with Crippen molar-refractivity contribution in [1.82, 2.24) is 4.98 Å². The first-order valence-corrected chi connectivity index (χ1v) is 5.83. The van der Waals surface area contributed by atoms with E-state index in [2.05, 4.69) is 34.1 Å². The minimum Gasteiger partial charge on any atom is -0.377 e. The van der Waals surface area contributed by atoms with Crippen LogP contribution in [0.3, 0.4) is 0 Å². The summed E-state index contributed by atoms with van der Waals surface area (Å²) in [4.78, 5) is 6.69. The third kappa shape index (κ3) is 2.24. The lowest BCUT2D eigenvalue weighted by Gasteiger charge is -2.17. The van der Waals surface area contributed by atoms with Gasteiger partial charge in [0.2, 0.25) is 0 Å². The van der Waals surface area contributed by atoms with E-state index in [-0.39, 0.29) is 6.04 Å². The van der Waals surface area contributed by atoms with Gasteiger partial charge in [-0.25, -0.2) is 0 Å². The summed E-state index contributed by atoms with van der Waals surface area (Å²) in [5.41, 5.74) is 10.3. The normalized spacial score (nSPS) is 12.8. The van der Waals surface area contributed by atoms with Gasteiger partial charge >= 0.3 is 0 Å². The monoisotopic (exact) mass is 229 g/mol. The van der Waals surface area contributed by atoms with Crippen molar-refractivity contribution in [2.45, 2.75) is 19.9 Å². The molecular formula is C14H19N3. The van der Waals surface area contributed by atoms with Crippen LogP contribution < -0.4 is 10.6 Å². The largest absolute Gasteiger partial charge is 0.377 e. The zero-order valence-corrected chi connectivity index (χ0v) is 10.9. The van der Waals surface area contributed by atoms with Crippen LogP contribution in [0, 0.1) is 6.92 Å². The Hall–Kier alpha value is -1.61. The third-order valence-electron chi connectivity index (χ3n) is 2.95. The van der Waals surface area contributed by atoms with Crippen LogP contribution in [0.15, 0.2) is 24.3 Å². The highest BCUT2D eigenvalue weighted by Crippen LogP contribution is 2.27. The van der Waals surface area contributed by atoms with Crippen molar-refractivity contribution < 1.29 is 0 Å². The number of rotatable bonds is 2. The maximum Gasteiger partial charge on any atom is 0.0729 e. The number of anilines is 1. The van der Waals surface area contributed by atoms with Gasteiger partial charge in [0.05, 0.1) is 5.52 Å². The van der Waals surface area contributed by atoms with Gasteiger partial charge in [0.15, 0.2) is 0 Å². The Labute approximate surface area is 102 Å². The number of nitrogens with zero attached hydrogens (tertiary/aromatic N) is 2. The standard InChI is InChI=1S/C14H19N3/c1-9-7-14(17(3)4)12-6-5-11(10(2)15)8-13(12)16-9/h5-8,10H,15H2,1-4H3. The van der Waals surface area contributed by atoms with E-state index in [1.165, 1.54) is 11.1 Å². The lowest BCUT2D eigenvalue weighted by atomic mass is 10.0. The molecule has 1 atom stereocenters. The molecule has 0 amide bonds. The van der Waals surface area contributed by atoms with Gasteiger partial charge in [-0.1, -0.05) is 12.1 Å². The van der Waals surface area contributed by atoms with Crippen LogP contribution in [-0.2, 0) is 0 Å². The number of aromatic nitrogens is 1. The first-order valence-electron chi connectivity index (χ1n) is 5.83. The van der Waals surface area contributed by atoms with E-state index in [1.54, 1.807) is 0 Å². The summed E-state index contributed by atoms with van der Waals surface area (Å²) in [6.45, 7) is 4.01. The van der Waals surface area contributed by atoms with Crippen LogP contribution in [0.25, 0.3) is 10.9 Å². The van der Waals surface area contributed by atoms with E-state index in [0.29, 0.717) is 0 Å². The van der Waals surface area contributed by atoms with Gasteiger partial charge in [-0.3, -0.25) is 4.98 Å². The van der Waals surface area contributed by atoms with Crippen LogP contribution in [0.2, 0.25) is 0 Å². The molecule has 2 N–H and O–H groups in total. The maximum absolute atomic E-state index is 5.90. The molecule has 2 aromatic rings. The van der Waals surface area contributed by atoms with Gasteiger partial charge in [0, 0.05) is 36.9 Å². The molecule has 0 fully saturated rings. The molecular weight excluding hydrogens is 210 g/mol. The fraction of sp³-hybridized carbons (Fsp3) is 0.357. The lowest BCUT2D eigenvalue weighted by molar-refractivity contribution is 0.819. The molecule has 0 radical (unpaired) electrons. The molecule has 2 rings (SSSR count). The molecule has 0 aliphatic rings. The zero-order chi connectivity index (χ0) is 12.6. The van der Waals surface area contributed by atoms with Gasteiger partial charge in [-0.2, -0.15) is 0 Å². The van der Waals surface area contributed by atoms with Crippen LogP contribution in [0.5, 0.6) is 0 Å². The van der Waals surface area contributed by atoms with Gasteiger partial charge in [-0.05, 0) is 31.5 Å². The molecule has 0 aliphatic heterocycles. The molecule has 90 valence electrons. The number of benzene rings is 1. The summed E-state index contributed by atoms with van der Waals surface area (Å²) in [7, 11) is 4.10. The number of fused-ring (bicyclic) bond motifs is 1. The molecule has 0 saturated heterocycles. The Kier molecular flexibility index (Phi) is 3.03. The third-order valence-corrected chi connectivity index (χ3v) is 2.95. The molecule has 1 unspecified atom stereocenters. The van der Waals surface area contributed by atoms with Gasteiger partial charge < -0.3 is 10.6 Å². The second-order valence-electron chi connectivity index (χ2n) is 4.74. The van der Waals surface area contributed by atoms with Crippen molar-refractivity contribution in [1.29, 1.82) is 0 Å². The quantitative estimate of drug-likeness (QED) is 0.860. The number of hydrogen-bond acceptors (Lipinski definition) is 3. The SMILES string of the molecule is Cc1cc(N(C)C)c2ccc(C(C)N)cc2n1. The van der Waals surface area contributed by atoms with Crippen LogP contribution in [-0.4, -0.2) is 19.1 Å². The molecule has 0 bridgehead atoms. The number of nitrogens with two attached hydrogens (primary N) is 1. The van der Waals surface area contributed by atoms with Crippen molar-refractivity contribution in [3.05, 3.63) is 35.5 Å². The van der Waals surface area contributed by atoms with Crippen LogP contribution in [0.1, 0.15) is 24.2 Å². The molecule has 1 aromatic carbocycles. The van der Waals surface area contributed by atoms with Crippen molar-refractivity contribution in [2.24, 2.45) is 5.73 Å². The van der Waals surface area contributed by atoms with E-state index in [4.69, 9.17) is 5.73 Å². The molecule has 0 spiro atoms. The molecule has 1 heterocycles. The number of aryl methyl sites for hydroxylation is 1. The Morgan fingerprint density at radius 1 is 1.24 bits per heavy atom. The number of pyridine rings is 1. The van der Waals surface area contributed by atoms with E-state index in [1.807, 2.05) is 27.9 Å². The van der Waals surface area contributed by atoms with E-state index < -0.39 is 0 Å². The average Bonchev–Trinajstić information content (AvgIpc) is 2.26. The van der Waals surface area contributed by atoms with E-state index in [0.717, 1.165) is 16.8 Å². The maximum atomic E-state index is 5.90. The molecule has 3 nitrogen and oxygen atoms in total. The molecule has 3 heteroatoms. The highest BCUT2D eigenvalue weighted by atomic mass is 15.1. The Bertz CT molecular complexity index is 544. The Morgan fingerprint density at radius 3 is 2.53 bits per heavy atom. The van der Waals surface area contributed by atoms with E-state index >= 15 is 0 Å². The van der Waals surface area contributed by atoms with Gasteiger partial charge in [0.25, 0.3) is 0 Å². The zero-order valence-electron chi connectivity index (χ0n) is 10.9. The predicted molar refractivity (Wildman–Crippen MR) is 73.4 cm³/mol. The van der Waals surface area contributed by atoms with Gasteiger partial charge in [0.1, 0.15) is 0 Å². The minimum absolute atomic E-state index is 0.0459. The summed E-state index contributed by atoms with van der Waals surface area (Å²) in [5.74, 6) is 0. The molecule has 1 aromatic heterocycles. The second kappa shape index (κ2) is 4.34. The summed E-state index contributed by atoms with van der Waals surface area (Å²) in [6, 6.07) is 8.42. The Morgan fingerprint density at radius 2 is 1.94 bits per heavy atom. The second-order valence-corrected chi connectivity index (χ2v) is 4.74. The molecule has 0 saturated carbocycles. The summed E-state index contributed by atoms with van der Waals surface area (Å²) in [6.07, 6.45) is 0. The smallest absolute Gasteiger partial charge is 0.0729 e. The fourth-order valence-electron chi connectivity index (χ4n) is 2.01. The van der Waals surface area contributed by atoms with E-state index in [9.17, 15) is 0 Å². The average molecular weight is 229 g/mol. The van der Waals surface area contributed by atoms with Crippen molar-refractivity contribution in [3.8, 4) is 0 Å². The summed E-state index contributed by atoms with van der Waals surface area (Å²) in [5, 5.41) is 1.17. The number of hydrogen-bond donors (Lipinski definition) is 1. The molecule has 0 aliphatic carbocycles. The van der Waals surface area contributed by atoms with Crippen molar-refractivity contribution in [3.63, 3.8) is 0 Å². The molecule has 17 heavy (non-hydrogen) atoms. The van der Waals surface area contributed by atoms with Crippen LogP contribution >= 0.6 is 0 Å². The van der Waals surface area contributed by atoms with Crippen molar-refractivity contribution in [2.75, 3.05) is 19.0 Å². The first-order chi connectivity index (χ1) is 7.99.